The number of hydrogen-bond acceptors (Lipinski definition) is 3. The third-order valence-corrected chi connectivity index (χ3v) is 2.14. The molecule has 2 amide bonds. The zero-order valence-electron chi connectivity index (χ0n) is 8.29. The smallest absolute Gasteiger partial charge is 0.368 e. The van der Waals surface area contributed by atoms with Gasteiger partial charge in [0.05, 0.1) is 6.10 Å². The first-order chi connectivity index (χ1) is 7.30. The van der Waals surface area contributed by atoms with Gasteiger partial charge >= 0.3 is 12.1 Å². The van der Waals surface area contributed by atoms with Crippen LogP contribution in [0.3, 0.4) is 0 Å². The molecule has 0 radical (unpaired) electrons. The van der Waals surface area contributed by atoms with Crippen molar-refractivity contribution in [2.45, 2.75) is 18.7 Å². The van der Waals surface area contributed by atoms with Gasteiger partial charge in [-0.3, -0.25) is 9.59 Å². The molecule has 5 nitrogen and oxygen atoms in total. The number of primary amides is 1. The Morgan fingerprint density at radius 2 is 2.06 bits per heavy atom. The quantitative estimate of drug-likeness (QED) is 0.733. The van der Waals surface area contributed by atoms with Crippen LogP contribution >= 0.6 is 0 Å². The lowest BCUT2D eigenvalue weighted by atomic mass is 10.3. The van der Waals surface area contributed by atoms with Crippen LogP contribution in [0.1, 0.15) is 6.42 Å². The molecule has 0 bridgehead atoms. The Balaban J connectivity index is 2.41. The Bertz CT molecular complexity index is 293. The maximum Gasteiger partial charge on any atom is 0.471 e. The van der Waals surface area contributed by atoms with E-state index in [2.05, 4.69) is 0 Å². The van der Waals surface area contributed by atoms with Gasteiger partial charge in [0.1, 0.15) is 6.61 Å². The molecule has 0 aromatic rings. The molecular formula is C8H11F3N2O3. The second-order valence-electron chi connectivity index (χ2n) is 3.44. The van der Waals surface area contributed by atoms with Crippen molar-refractivity contribution in [2.75, 3.05) is 19.7 Å². The lowest BCUT2D eigenvalue weighted by molar-refractivity contribution is -0.184. The zero-order valence-corrected chi connectivity index (χ0v) is 8.29. The van der Waals surface area contributed by atoms with Gasteiger partial charge in [-0.05, 0) is 6.42 Å². The molecule has 8 heteroatoms. The molecule has 2 N–H and O–H groups in total. The lowest BCUT2D eigenvalue weighted by Gasteiger charge is -2.17. The predicted molar refractivity (Wildman–Crippen MR) is 46.2 cm³/mol. The second-order valence-corrected chi connectivity index (χ2v) is 3.44. The molecule has 1 rings (SSSR count). The minimum Gasteiger partial charge on any atom is -0.368 e. The maximum atomic E-state index is 12.0. The van der Waals surface area contributed by atoms with Crippen molar-refractivity contribution in [3.05, 3.63) is 0 Å². The second kappa shape index (κ2) is 4.69. The first-order valence-electron chi connectivity index (χ1n) is 4.56. The van der Waals surface area contributed by atoms with E-state index in [0.29, 0.717) is 4.90 Å². The van der Waals surface area contributed by atoms with Gasteiger partial charge in [0.25, 0.3) is 0 Å². The van der Waals surface area contributed by atoms with Crippen LogP contribution in [0.5, 0.6) is 0 Å². The molecule has 1 aliphatic heterocycles. The summed E-state index contributed by atoms with van der Waals surface area (Å²) in [5.74, 6) is -2.57. The van der Waals surface area contributed by atoms with E-state index in [4.69, 9.17) is 10.5 Å². The minimum absolute atomic E-state index is 0.0260. The van der Waals surface area contributed by atoms with Gasteiger partial charge in [-0.1, -0.05) is 0 Å². The number of rotatable bonds is 3. The summed E-state index contributed by atoms with van der Waals surface area (Å²) in [6.45, 7) is -0.536. The fourth-order valence-electron chi connectivity index (χ4n) is 1.43. The van der Waals surface area contributed by atoms with Crippen molar-refractivity contribution in [3.63, 3.8) is 0 Å². The van der Waals surface area contributed by atoms with Crippen molar-refractivity contribution in [1.82, 2.24) is 4.90 Å². The van der Waals surface area contributed by atoms with E-state index in [1.165, 1.54) is 0 Å². The summed E-state index contributed by atoms with van der Waals surface area (Å²) in [5, 5.41) is 0. The summed E-state index contributed by atoms with van der Waals surface area (Å²) in [4.78, 5) is 21.8. The van der Waals surface area contributed by atoms with Crippen LogP contribution in [0.25, 0.3) is 0 Å². The topological polar surface area (TPSA) is 72.6 Å². The van der Waals surface area contributed by atoms with Gasteiger partial charge in [-0.25, -0.2) is 0 Å². The third kappa shape index (κ3) is 3.37. The number of alkyl halides is 3. The standard InChI is InChI=1S/C8H11F3N2O3/c9-8(10,11)7(15)13-2-1-5(3-13)16-4-6(12)14/h5H,1-4H2,(H2,12,14). The normalized spacial score (nSPS) is 21.2. The van der Waals surface area contributed by atoms with E-state index in [-0.39, 0.29) is 26.1 Å². The van der Waals surface area contributed by atoms with Gasteiger partial charge in [-0.2, -0.15) is 13.2 Å². The van der Waals surface area contributed by atoms with E-state index in [1.54, 1.807) is 0 Å². The van der Waals surface area contributed by atoms with Gasteiger partial charge in [-0.15, -0.1) is 0 Å². The first kappa shape index (κ1) is 12.8. The average molecular weight is 240 g/mol. The van der Waals surface area contributed by atoms with Crippen LogP contribution in [0.15, 0.2) is 0 Å². The average Bonchev–Trinajstić information content (AvgIpc) is 2.60. The molecule has 1 fully saturated rings. The molecule has 0 spiro atoms. The maximum absolute atomic E-state index is 12.0. The van der Waals surface area contributed by atoms with E-state index in [9.17, 15) is 22.8 Å². The Hall–Kier alpha value is -1.31. The summed E-state index contributed by atoms with van der Waals surface area (Å²) >= 11 is 0. The summed E-state index contributed by atoms with van der Waals surface area (Å²) in [5.41, 5.74) is 4.81. The summed E-state index contributed by atoms with van der Waals surface area (Å²) in [6.07, 6.45) is -5.15. The molecule has 92 valence electrons. The van der Waals surface area contributed by atoms with Crippen LogP contribution in [0, 0.1) is 0 Å². The number of carbonyl (C=O) groups excluding carboxylic acids is 2. The lowest BCUT2D eigenvalue weighted by Crippen LogP contribution is -2.40. The fourth-order valence-corrected chi connectivity index (χ4v) is 1.43. The molecule has 1 aliphatic rings. The summed E-state index contributed by atoms with van der Waals surface area (Å²) in [7, 11) is 0. The minimum atomic E-state index is -4.86. The van der Waals surface area contributed by atoms with E-state index < -0.39 is 24.1 Å². The number of hydrogen-bond donors (Lipinski definition) is 1. The highest BCUT2D eigenvalue weighted by atomic mass is 19.4. The highest BCUT2D eigenvalue weighted by Gasteiger charge is 2.44. The molecule has 1 unspecified atom stereocenters. The Morgan fingerprint density at radius 1 is 1.44 bits per heavy atom. The number of nitrogens with two attached hydrogens (primary N) is 1. The highest BCUT2D eigenvalue weighted by molar-refractivity contribution is 5.82. The highest BCUT2D eigenvalue weighted by Crippen LogP contribution is 2.22. The summed E-state index contributed by atoms with van der Waals surface area (Å²) < 4.78 is 41.0. The van der Waals surface area contributed by atoms with Crippen molar-refractivity contribution < 1.29 is 27.5 Å². The van der Waals surface area contributed by atoms with Crippen LogP contribution in [-0.2, 0) is 14.3 Å². The van der Waals surface area contributed by atoms with Crippen LogP contribution in [0.2, 0.25) is 0 Å². The van der Waals surface area contributed by atoms with Gasteiger partial charge in [0, 0.05) is 13.1 Å². The molecule has 0 aliphatic carbocycles. The number of amides is 2. The van der Waals surface area contributed by atoms with E-state index >= 15 is 0 Å². The van der Waals surface area contributed by atoms with Gasteiger partial charge in [0.2, 0.25) is 5.91 Å². The van der Waals surface area contributed by atoms with E-state index in [1.807, 2.05) is 0 Å². The predicted octanol–water partition coefficient (Wildman–Crippen LogP) is -0.348. The molecule has 0 saturated carbocycles. The molecule has 1 atom stereocenters. The van der Waals surface area contributed by atoms with Crippen LogP contribution in [-0.4, -0.2) is 48.7 Å². The number of likely N-dealkylation sites (tertiary alicyclic amines) is 1. The SMILES string of the molecule is NC(=O)COC1CCN(C(=O)C(F)(F)F)C1. The van der Waals surface area contributed by atoms with Gasteiger partial charge in [0.15, 0.2) is 0 Å². The Morgan fingerprint density at radius 3 is 2.56 bits per heavy atom. The summed E-state index contributed by atoms with van der Waals surface area (Å²) in [6, 6.07) is 0. The monoisotopic (exact) mass is 240 g/mol. The van der Waals surface area contributed by atoms with Crippen molar-refractivity contribution in [3.8, 4) is 0 Å². The zero-order chi connectivity index (χ0) is 12.3. The van der Waals surface area contributed by atoms with Crippen LogP contribution in [0.4, 0.5) is 13.2 Å². The number of carbonyl (C=O) groups is 2. The third-order valence-electron chi connectivity index (χ3n) is 2.14. The van der Waals surface area contributed by atoms with Crippen molar-refractivity contribution in [2.24, 2.45) is 5.73 Å². The Labute approximate surface area is 89.3 Å². The molecule has 1 heterocycles. The molecule has 16 heavy (non-hydrogen) atoms. The number of halogens is 3. The van der Waals surface area contributed by atoms with E-state index in [0.717, 1.165) is 0 Å². The number of nitrogens with zero attached hydrogens (tertiary/aromatic N) is 1. The molecule has 1 saturated heterocycles. The Kier molecular flexibility index (Phi) is 3.74. The molecule has 0 aromatic carbocycles. The largest absolute Gasteiger partial charge is 0.471 e. The fraction of sp³-hybridized carbons (Fsp3) is 0.750. The number of ether oxygens (including phenoxy) is 1. The van der Waals surface area contributed by atoms with Crippen molar-refractivity contribution >= 4 is 11.8 Å². The van der Waals surface area contributed by atoms with Gasteiger partial charge < -0.3 is 15.4 Å². The first-order valence-corrected chi connectivity index (χ1v) is 4.56. The molecule has 0 aromatic heterocycles. The van der Waals surface area contributed by atoms with Crippen LogP contribution < -0.4 is 5.73 Å². The molecular weight excluding hydrogens is 229 g/mol. The van der Waals surface area contributed by atoms with Crippen molar-refractivity contribution in [1.29, 1.82) is 0 Å².